The standard InChI is InChI=1S/C19H26N2O3/c1-3-23-18-11-15-16(21-13-5-7-14(22)8-6-13)9-10-20-17(15)12-19(18)24-4-2/h9-14,22H,3-8H2,1-2H3,(H,20,21). The number of aliphatic hydroxyl groups is 1. The van der Waals surface area contributed by atoms with E-state index in [0.717, 1.165) is 53.8 Å². The van der Waals surface area contributed by atoms with Gasteiger partial charge in [-0.2, -0.15) is 0 Å². The summed E-state index contributed by atoms with van der Waals surface area (Å²) < 4.78 is 11.4. The van der Waals surface area contributed by atoms with Crippen LogP contribution in [0.4, 0.5) is 5.69 Å². The molecule has 1 heterocycles. The fourth-order valence-corrected chi connectivity index (χ4v) is 3.26. The Bertz CT molecular complexity index is 682. The van der Waals surface area contributed by atoms with Gasteiger partial charge >= 0.3 is 0 Å². The number of ether oxygens (including phenoxy) is 2. The summed E-state index contributed by atoms with van der Waals surface area (Å²) in [6.45, 7) is 5.11. The fourth-order valence-electron chi connectivity index (χ4n) is 3.26. The van der Waals surface area contributed by atoms with Crippen LogP contribution in [0, 0.1) is 0 Å². The molecule has 0 amide bonds. The third kappa shape index (κ3) is 3.73. The van der Waals surface area contributed by atoms with Crippen LogP contribution in [0.25, 0.3) is 10.9 Å². The molecule has 1 aromatic heterocycles. The third-order valence-corrected chi connectivity index (χ3v) is 4.46. The molecule has 0 radical (unpaired) electrons. The van der Waals surface area contributed by atoms with Gasteiger partial charge in [0, 0.05) is 29.4 Å². The molecule has 1 aliphatic carbocycles. The monoisotopic (exact) mass is 330 g/mol. The Morgan fingerprint density at radius 3 is 2.42 bits per heavy atom. The third-order valence-electron chi connectivity index (χ3n) is 4.46. The van der Waals surface area contributed by atoms with Crippen molar-refractivity contribution in [2.24, 2.45) is 0 Å². The minimum atomic E-state index is -0.143. The summed E-state index contributed by atoms with van der Waals surface area (Å²) in [7, 11) is 0. The second kappa shape index (κ2) is 7.71. The van der Waals surface area contributed by atoms with Crippen molar-refractivity contribution in [3.8, 4) is 11.5 Å². The Morgan fingerprint density at radius 1 is 1.08 bits per heavy atom. The van der Waals surface area contributed by atoms with E-state index in [-0.39, 0.29) is 6.10 Å². The smallest absolute Gasteiger partial charge is 0.163 e. The molecule has 5 nitrogen and oxygen atoms in total. The van der Waals surface area contributed by atoms with Crippen LogP contribution in [-0.4, -0.2) is 35.5 Å². The first-order valence-electron chi connectivity index (χ1n) is 8.84. The highest BCUT2D eigenvalue weighted by atomic mass is 16.5. The molecule has 1 aliphatic rings. The van der Waals surface area contributed by atoms with Gasteiger partial charge in [0.25, 0.3) is 0 Å². The number of fused-ring (bicyclic) bond motifs is 1. The number of aromatic nitrogens is 1. The number of hydrogen-bond donors (Lipinski definition) is 2. The average Bonchev–Trinajstić information content (AvgIpc) is 2.58. The van der Waals surface area contributed by atoms with Gasteiger partial charge in [-0.05, 0) is 51.7 Å². The lowest BCUT2D eigenvalue weighted by Crippen LogP contribution is -2.28. The quantitative estimate of drug-likeness (QED) is 0.844. The van der Waals surface area contributed by atoms with Crippen LogP contribution in [0.15, 0.2) is 24.4 Å². The molecule has 0 unspecified atom stereocenters. The Morgan fingerprint density at radius 2 is 1.75 bits per heavy atom. The molecular weight excluding hydrogens is 304 g/mol. The number of anilines is 1. The molecule has 1 aromatic carbocycles. The number of nitrogens with zero attached hydrogens (tertiary/aromatic N) is 1. The first kappa shape index (κ1) is 16.8. The zero-order valence-electron chi connectivity index (χ0n) is 14.4. The van der Waals surface area contributed by atoms with Crippen LogP contribution in [0.3, 0.4) is 0 Å². The highest BCUT2D eigenvalue weighted by molar-refractivity contribution is 5.93. The predicted octanol–water partition coefficient (Wildman–Crippen LogP) is 3.75. The summed E-state index contributed by atoms with van der Waals surface area (Å²) in [5.41, 5.74) is 1.95. The number of hydrogen-bond acceptors (Lipinski definition) is 5. The zero-order chi connectivity index (χ0) is 16.9. The van der Waals surface area contributed by atoms with Crippen molar-refractivity contribution in [3.63, 3.8) is 0 Å². The molecular formula is C19H26N2O3. The van der Waals surface area contributed by atoms with E-state index in [0.29, 0.717) is 19.3 Å². The lowest BCUT2D eigenvalue weighted by atomic mass is 9.93. The van der Waals surface area contributed by atoms with Crippen molar-refractivity contribution >= 4 is 16.6 Å². The Kier molecular flexibility index (Phi) is 5.41. The Labute approximate surface area is 143 Å². The summed E-state index contributed by atoms with van der Waals surface area (Å²) in [4.78, 5) is 4.48. The lowest BCUT2D eigenvalue weighted by molar-refractivity contribution is 0.126. The van der Waals surface area contributed by atoms with E-state index in [1.54, 1.807) is 0 Å². The minimum Gasteiger partial charge on any atom is -0.490 e. The van der Waals surface area contributed by atoms with E-state index in [2.05, 4.69) is 10.3 Å². The van der Waals surface area contributed by atoms with E-state index >= 15 is 0 Å². The van der Waals surface area contributed by atoms with Gasteiger partial charge in [0.15, 0.2) is 11.5 Å². The van der Waals surface area contributed by atoms with Gasteiger partial charge in [0.1, 0.15) is 0 Å². The number of rotatable bonds is 6. The molecule has 5 heteroatoms. The first-order chi connectivity index (χ1) is 11.7. The fraction of sp³-hybridized carbons (Fsp3) is 0.526. The van der Waals surface area contributed by atoms with E-state index in [1.807, 2.05) is 38.2 Å². The van der Waals surface area contributed by atoms with Crippen LogP contribution in [-0.2, 0) is 0 Å². The van der Waals surface area contributed by atoms with Crippen molar-refractivity contribution in [2.75, 3.05) is 18.5 Å². The maximum atomic E-state index is 9.67. The second-order valence-corrected chi connectivity index (χ2v) is 6.19. The minimum absolute atomic E-state index is 0.143. The number of aliphatic hydroxyl groups excluding tert-OH is 1. The zero-order valence-corrected chi connectivity index (χ0v) is 14.4. The van der Waals surface area contributed by atoms with Gasteiger partial charge in [-0.15, -0.1) is 0 Å². The molecule has 130 valence electrons. The van der Waals surface area contributed by atoms with Gasteiger partial charge < -0.3 is 19.9 Å². The molecule has 2 aromatic rings. The largest absolute Gasteiger partial charge is 0.490 e. The van der Waals surface area contributed by atoms with Gasteiger partial charge in [0.2, 0.25) is 0 Å². The van der Waals surface area contributed by atoms with Crippen molar-refractivity contribution in [3.05, 3.63) is 24.4 Å². The predicted molar refractivity (Wildman–Crippen MR) is 96.0 cm³/mol. The summed E-state index contributed by atoms with van der Waals surface area (Å²) in [5, 5.41) is 14.3. The van der Waals surface area contributed by atoms with Crippen LogP contribution in [0.1, 0.15) is 39.5 Å². The van der Waals surface area contributed by atoms with Crippen molar-refractivity contribution in [2.45, 2.75) is 51.7 Å². The highest BCUT2D eigenvalue weighted by Gasteiger charge is 2.20. The normalized spacial score (nSPS) is 20.8. The summed E-state index contributed by atoms with van der Waals surface area (Å²) in [6.07, 6.45) is 5.37. The van der Waals surface area contributed by atoms with Gasteiger partial charge in [0.05, 0.1) is 24.8 Å². The molecule has 0 atom stereocenters. The summed E-state index contributed by atoms with van der Waals surface area (Å²) in [6, 6.07) is 6.35. The lowest BCUT2D eigenvalue weighted by Gasteiger charge is -2.27. The van der Waals surface area contributed by atoms with Crippen LogP contribution < -0.4 is 14.8 Å². The van der Waals surface area contributed by atoms with Crippen molar-refractivity contribution in [1.82, 2.24) is 4.98 Å². The van der Waals surface area contributed by atoms with Crippen LogP contribution in [0.5, 0.6) is 11.5 Å². The van der Waals surface area contributed by atoms with Crippen molar-refractivity contribution in [1.29, 1.82) is 0 Å². The number of nitrogens with one attached hydrogen (secondary N) is 1. The van der Waals surface area contributed by atoms with E-state index in [1.165, 1.54) is 0 Å². The Hall–Kier alpha value is -2.01. The molecule has 1 saturated carbocycles. The van der Waals surface area contributed by atoms with E-state index in [9.17, 15) is 5.11 Å². The molecule has 1 fully saturated rings. The first-order valence-corrected chi connectivity index (χ1v) is 8.84. The molecule has 0 aliphatic heterocycles. The summed E-state index contributed by atoms with van der Waals surface area (Å²) >= 11 is 0. The molecule has 0 saturated heterocycles. The molecule has 0 bridgehead atoms. The van der Waals surface area contributed by atoms with Gasteiger partial charge in [-0.25, -0.2) is 0 Å². The summed E-state index contributed by atoms with van der Waals surface area (Å²) in [5.74, 6) is 1.49. The second-order valence-electron chi connectivity index (χ2n) is 6.19. The molecule has 0 spiro atoms. The van der Waals surface area contributed by atoms with Crippen molar-refractivity contribution < 1.29 is 14.6 Å². The van der Waals surface area contributed by atoms with E-state index < -0.39 is 0 Å². The highest BCUT2D eigenvalue weighted by Crippen LogP contribution is 2.35. The SMILES string of the molecule is CCOc1cc2nccc(NC3CCC(O)CC3)c2cc1OCC. The van der Waals surface area contributed by atoms with Gasteiger partial charge in [-0.1, -0.05) is 0 Å². The number of pyridine rings is 1. The maximum absolute atomic E-state index is 9.67. The number of benzene rings is 1. The molecule has 3 rings (SSSR count). The average molecular weight is 330 g/mol. The molecule has 24 heavy (non-hydrogen) atoms. The van der Waals surface area contributed by atoms with Gasteiger partial charge in [-0.3, -0.25) is 4.98 Å². The van der Waals surface area contributed by atoms with Crippen LogP contribution >= 0.6 is 0 Å². The van der Waals surface area contributed by atoms with E-state index in [4.69, 9.17) is 9.47 Å². The van der Waals surface area contributed by atoms with Crippen LogP contribution in [0.2, 0.25) is 0 Å². The Balaban J connectivity index is 1.91. The molecule has 2 N–H and O–H groups in total. The topological polar surface area (TPSA) is 63.6 Å². The maximum Gasteiger partial charge on any atom is 0.163 e.